The molecule has 0 aliphatic carbocycles. The maximum absolute atomic E-state index is 12.7. The molecule has 15 heavy (non-hydrogen) atoms. The van der Waals surface area contributed by atoms with E-state index in [9.17, 15) is 17.6 Å². The minimum absolute atomic E-state index is 0. The van der Waals surface area contributed by atoms with Crippen LogP contribution >= 0.6 is 24.0 Å². The Morgan fingerprint density at radius 2 is 1.73 bits per heavy atom. The van der Waals surface area contributed by atoms with Crippen LogP contribution in [0.4, 0.5) is 17.6 Å². The van der Waals surface area contributed by atoms with Gasteiger partial charge in [-0.25, -0.2) is 4.39 Å². The van der Waals surface area contributed by atoms with E-state index in [1.165, 1.54) is 0 Å². The summed E-state index contributed by atoms with van der Waals surface area (Å²) >= 11 is 5.38. The third kappa shape index (κ3) is 3.85. The molecule has 0 aliphatic heterocycles. The molecule has 2 N–H and O–H groups in total. The van der Waals surface area contributed by atoms with Gasteiger partial charge in [0.15, 0.2) is 0 Å². The molecule has 0 amide bonds. The molecule has 0 radical (unpaired) electrons. The fourth-order valence-corrected chi connectivity index (χ4v) is 1.17. The number of halogens is 6. The van der Waals surface area contributed by atoms with Crippen LogP contribution in [0.2, 0.25) is 5.02 Å². The summed E-state index contributed by atoms with van der Waals surface area (Å²) in [6.45, 7) is 0. The number of rotatable bonds is 1. The first-order valence-corrected chi connectivity index (χ1v) is 3.97. The largest absolute Gasteiger partial charge is 0.407 e. The summed E-state index contributed by atoms with van der Waals surface area (Å²) in [7, 11) is 0. The Labute approximate surface area is 94.6 Å². The van der Waals surface area contributed by atoms with Gasteiger partial charge in [0.05, 0.1) is 0 Å². The quantitative estimate of drug-likeness (QED) is 0.772. The Morgan fingerprint density at radius 1 is 1.20 bits per heavy atom. The molecule has 1 aromatic rings. The van der Waals surface area contributed by atoms with Crippen molar-refractivity contribution in [2.24, 2.45) is 5.73 Å². The lowest BCUT2D eigenvalue weighted by molar-refractivity contribution is -0.149. The second-order valence-electron chi connectivity index (χ2n) is 2.72. The highest BCUT2D eigenvalue weighted by atomic mass is 35.5. The van der Waals surface area contributed by atoms with Crippen molar-refractivity contribution >= 4 is 24.0 Å². The average molecular weight is 264 g/mol. The van der Waals surface area contributed by atoms with Crippen molar-refractivity contribution < 1.29 is 17.6 Å². The molecule has 0 fully saturated rings. The summed E-state index contributed by atoms with van der Waals surface area (Å²) in [5.74, 6) is -0.841. The first-order valence-electron chi connectivity index (χ1n) is 3.59. The van der Waals surface area contributed by atoms with E-state index in [0.29, 0.717) is 6.07 Å². The number of alkyl halides is 3. The van der Waals surface area contributed by atoms with Gasteiger partial charge in [-0.3, -0.25) is 0 Å². The Balaban J connectivity index is 0.00000196. The second-order valence-corrected chi connectivity index (χ2v) is 3.16. The SMILES string of the molecule is Cl.N[C@H](c1cc(F)cc(Cl)c1)C(F)(F)F. The molecule has 1 rings (SSSR count). The van der Waals surface area contributed by atoms with Crippen molar-refractivity contribution in [2.45, 2.75) is 12.2 Å². The number of hydrogen-bond acceptors (Lipinski definition) is 1. The van der Waals surface area contributed by atoms with Crippen molar-refractivity contribution in [2.75, 3.05) is 0 Å². The first kappa shape index (κ1) is 14.5. The Hall–Kier alpha value is -0.520. The van der Waals surface area contributed by atoms with Crippen molar-refractivity contribution in [3.8, 4) is 0 Å². The summed E-state index contributed by atoms with van der Waals surface area (Å²) in [6, 6.07) is 0.400. The van der Waals surface area contributed by atoms with Crippen molar-refractivity contribution in [1.29, 1.82) is 0 Å². The summed E-state index contributed by atoms with van der Waals surface area (Å²) in [6.07, 6.45) is -4.60. The van der Waals surface area contributed by atoms with Gasteiger partial charge in [0.25, 0.3) is 0 Å². The fourth-order valence-electron chi connectivity index (χ4n) is 0.944. The van der Waals surface area contributed by atoms with Gasteiger partial charge in [-0.1, -0.05) is 11.6 Å². The maximum atomic E-state index is 12.7. The average Bonchev–Trinajstić information content (AvgIpc) is 1.99. The molecular weight excluding hydrogens is 257 g/mol. The molecule has 0 saturated heterocycles. The van der Waals surface area contributed by atoms with Gasteiger partial charge in [0.1, 0.15) is 11.9 Å². The van der Waals surface area contributed by atoms with E-state index in [1.54, 1.807) is 0 Å². The highest BCUT2D eigenvalue weighted by Gasteiger charge is 2.38. The van der Waals surface area contributed by atoms with Gasteiger partial charge in [-0.15, -0.1) is 12.4 Å². The number of hydrogen-bond donors (Lipinski definition) is 1. The predicted molar refractivity (Wildman–Crippen MR) is 51.6 cm³/mol. The smallest absolute Gasteiger partial charge is 0.316 e. The Morgan fingerprint density at radius 3 is 2.13 bits per heavy atom. The predicted octanol–water partition coefficient (Wildman–Crippen LogP) is 3.46. The number of benzene rings is 1. The fraction of sp³-hybridized carbons (Fsp3) is 0.250. The van der Waals surface area contributed by atoms with Crippen LogP contribution in [0.5, 0.6) is 0 Å². The molecule has 0 spiro atoms. The van der Waals surface area contributed by atoms with Gasteiger partial charge >= 0.3 is 6.18 Å². The van der Waals surface area contributed by atoms with Crippen molar-refractivity contribution in [1.82, 2.24) is 0 Å². The zero-order chi connectivity index (χ0) is 10.9. The maximum Gasteiger partial charge on any atom is 0.407 e. The summed E-state index contributed by atoms with van der Waals surface area (Å²) in [5.41, 5.74) is 4.47. The van der Waals surface area contributed by atoms with Crippen LogP contribution in [0.1, 0.15) is 11.6 Å². The second kappa shape index (κ2) is 5.01. The third-order valence-corrected chi connectivity index (χ3v) is 1.81. The molecule has 1 aromatic carbocycles. The minimum atomic E-state index is -4.60. The van der Waals surface area contributed by atoms with E-state index >= 15 is 0 Å². The standard InChI is InChI=1S/C8H6ClF4N.ClH/c9-5-1-4(2-6(10)3-5)7(14)8(11,12)13;/h1-3,7H,14H2;1H/t7-;/m1./s1. The topological polar surface area (TPSA) is 26.0 Å². The molecule has 0 bridgehead atoms. The van der Waals surface area contributed by atoms with Crippen molar-refractivity contribution in [3.05, 3.63) is 34.6 Å². The number of nitrogens with two attached hydrogens (primary N) is 1. The molecule has 1 nitrogen and oxygen atoms in total. The molecular formula is C8H7Cl2F4N. The molecule has 0 heterocycles. The molecule has 0 aliphatic rings. The summed E-state index contributed by atoms with van der Waals surface area (Å²) < 4.78 is 49.0. The van der Waals surface area contributed by atoms with E-state index in [2.05, 4.69) is 0 Å². The molecule has 0 saturated carbocycles. The zero-order valence-electron chi connectivity index (χ0n) is 7.18. The molecule has 0 aromatic heterocycles. The molecule has 7 heteroatoms. The van der Waals surface area contributed by atoms with Gasteiger partial charge in [0, 0.05) is 5.02 Å². The van der Waals surface area contributed by atoms with Crippen LogP contribution in [0.3, 0.4) is 0 Å². The Bertz CT molecular complexity index is 320. The van der Waals surface area contributed by atoms with Crippen LogP contribution in [0.25, 0.3) is 0 Å². The van der Waals surface area contributed by atoms with Crippen LogP contribution in [-0.2, 0) is 0 Å². The van der Waals surface area contributed by atoms with E-state index in [-0.39, 0.29) is 23.0 Å². The lowest BCUT2D eigenvalue weighted by Gasteiger charge is -2.15. The summed E-state index contributed by atoms with van der Waals surface area (Å²) in [5, 5.41) is -0.111. The van der Waals surface area contributed by atoms with Crippen LogP contribution in [0.15, 0.2) is 18.2 Å². The molecule has 1 atom stereocenters. The van der Waals surface area contributed by atoms with Gasteiger partial charge < -0.3 is 5.73 Å². The lowest BCUT2D eigenvalue weighted by Crippen LogP contribution is -2.28. The molecule has 86 valence electrons. The zero-order valence-corrected chi connectivity index (χ0v) is 8.76. The summed E-state index contributed by atoms with van der Waals surface area (Å²) in [4.78, 5) is 0. The van der Waals surface area contributed by atoms with Crippen LogP contribution < -0.4 is 5.73 Å². The van der Waals surface area contributed by atoms with Crippen molar-refractivity contribution in [3.63, 3.8) is 0 Å². The lowest BCUT2D eigenvalue weighted by atomic mass is 10.1. The first-order chi connectivity index (χ1) is 6.30. The van der Waals surface area contributed by atoms with Crippen LogP contribution in [-0.4, -0.2) is 6.18 Å². The van der Waals surface area contributed by atoms with Crippen LogP contribution in [0, 0.1) is 5.82 Å². The van der Waals surface area contributed by atoms with E-state index < -0.39 is 18.0 Å². The van der Waals surface area contributed by atoms with Gasteiger partial charge in [0.2, 0.25) is 0 Å². The molecule has 0 unspecified atom stereocenters. The normalized spacial score (nSPS) is 13.2. The van der Waals surface area contributed by atoms with E-state index in [4.69, 9.17) is 17.3 Å². The monoisotopic (exact) mass is 263 g/mol. The third-order valence-electron chi connectivity index (χ3n) is 1.60. The highest BCUT2D eigenvalue weighted by molar-refractivity contribution is 6.30. The Kier molecular flexibility index (Phi) is 4.83. The van der Waals surface area contributed by atoms with E-state index in [0.717, 1.165) is 12.1 Å². The van der Waals surface area contributed by atoms with E-state index in [1.807, 2.05) is 0 Å². The van der Waals surface area contributed by atoms with Gasteiger partial charge in [-0.05, 0) is 23.8 Å². The highest BCUT2D eigenvalue weighted by Crippen LogP contribution is 2.31. The minimum Gasteiger partial charge on any atom is -0.316 e. The van der Waals surface area contributed by atoms with Gasteiger partial charge in [-0.2, -0.15) is 13.2 Å².